The molecule has 0 spiro atoms. The first kappa shape index (κ1) is 21.5. The molecule has 0 saturated heterocycles. The van der Waals surface area contributed by atoms with E-state index in [1.807, 2.05) is 67.6 Å². The van der Waals surface area contributed by atoms with Crippen LogP contribution in [-0.4, -0.2) is 35.9 Å². The zero-order valence-electron chi connectivity index (χ0n) is 16.8. The number of hydrogen-bond acceptors (Lipinski definition) is 3. The SMILES string of the molecule is CCCCNC(=O)C(CC)N(Cc1ccccc1)C(=O)COc1ccccc1. The highest BCUT2D eigenvalue weighted by Gasteiger charge is 2.28. The summed E-state index contributed by atoms with van der Waals surface area (Å²) in [4.78, 5) is 27.3. The van der Waals surface area contributed by atoms with Crippen molar-refractivity contribution in [3.8, 4) is 5.75 Å². The van der Waals surface area contributed by atoms with Crippen LogP contribution in [-0.2, 0) is 16.1 Å². The van der Waals surface area contributed by atoms with Gasteiger partial charge in [0.25, 0.3) is 5.91 Å². The molecule has 0 radical (unpaired) electrons. The van der Waals surface area contributed by atoms with Crippen molar-refractivity contribution in [1.82, 2.24) is 10.2 Å². The van der Waals surface area contributed by atoms with Crippen molar-refractivity contribution in [3.63, 3.8) is 0 Å². The Morgan fingerprint density at radius 2 is 1.64 bits per heavy atom. The smallest absolute Gasteiger partial charge is 0.261 e. The molecule has 2 amide bonds. The number of carbonyl (C=O) groups is 2. The Bertz CT molecular complexity index is 719. The number of hydrogen-bond donors (Lipinski definition) is 1. The Hall–Kier alpha value is -2.82. The van der Waals surface area contributed by atoms with E-state index in [2.05, 4.69) is 12.2 Å². The fourth-order valence-corrected chi connectivity index (χ4v) is 2.95. The van der Waals surface area contributed by atoms with Crippen LogP contribution in [0.5, 0.6) is 5.75 Å². The molecule has 0 bridgehead atoms. The highest BCUT2D eigenvalue weighted by molar-refractivity contribution is 5.88. The normalized spacial score (nSPS) is 11.5. The third-order valence-electron chi connectivity index (χ3n) is 4.52. The van der Waals surface area contributed by atoms with Crippen molar-refractivity contribution in [1.29, 1.82) is 0 Å². The second kappa shape index (κ2) is 11.8. The first-order valence-electron chi connectivity index (χ1n) is 9.94. The van der Waals surface area contributed by atoms with Crippen molar-refractivity contribution in [2.24, 2.45) is 0 Å². The molecule has 1 unspecified atom stereocenters. The Labute approximate surface area is 167 Å². The van der Waals surface area contributed by atoms with Gasteiger partial charge in [-0.25, -0.2) is 0 Å². The number of nitrogens with one attached hydrogen (secondary N) is 1. The molecule has 1 N–H and O–H groups in total. The second-order valence-electron chi connectivity index (χ2n) is 6.68. The number of benzene rings is 2. The molecule has 0 heterocycles. The molecule has 0 saturated carbocycles. The van der Waals surface area contributed by atoms with Crippen molar-refractivity contribution in [2.45, 2.75) is 45.7 Å². The van der Waals surface area contributed by atoms with Gasteiger partial charge in [0, 0.05) is 13.1 Å². The van der Waals surface area contributed by atoms with Crippen LogP contribution in [0, 0.1) is 0 Å². The molecule has 0 aliphatic carbocycles. The van der Waals surface area contributed by atoms with E-state index in [4.69, 9.17) is 4.74 Å². The van der Waals surface area contributed by atoms with Gasteiger partial charge in [0.1, 0.15) is 11.8 Å². The largest absolute Gasteiger partial charge is 0.484 e. The third kappa shape index (κ3) is 6.72. The topological polar surface area (TPSA) is 58.6 Å². The fourth-order valence-electron chi connectivity index (χ4n) is 2.95. The summed E-state index contributed by atoms with van der Waals surface area (Å²) in [5.41, 5.74) is 0.982. The van der Waals surface area contributed by atoms with E-state index in [9.17, 15) is 9.59 Å². The van der Waals surface area contributed by atoms with Gasteiger partial charge in [0.2, 0.25) is 5.91 Å². The van der Waals surface area contributed by atoms with Gasteiger partial charge >= 0.3 is 0 Å². The number of unbranched alkanes of at least 4 members (excludes halogenated alkanes) is 1. The van der Waals surface area contributed by atoms with Crippen LogP contribution in [0.1, 0.15) is 38.7 Å². The van der Waals surface area contributed by atoms with Crippen LogP contribution < -0.4 is 10.1 Å². The zero-order chi connectivity index (χ0) is 20.2. The van der Waals surface area contributed by atoms with Crippen LogP contribution in [0.15, 0.2) is 60.7 Å². The molecule has 28 heavy (non-hydrogen) atoms. The zero-order valence-corrected chi connectivity index (χ0v) is 16.8. The molecular weight excluding hydrogens is 352 g/mol. The van der Waals surface area contributed by atoms with Crippen molar-refractivity contribution in [2.75, 3.05) is 13.2 Å². The average Bonchev–Trinajstić information content (AvgIpc) is 2.73. The molecule has 0 aromatic heterocycles. The quantitative estimate of drug-likeness (QED) is 0.602. The molecule has 0 aliphatic rings. The summed E-state index contributed by atoms with van der Waals surface area (Å²) in [6.07, 6.45) is 2.47. The van der Waals surface area contributed by atoms with Gasteiger partial charge in [-0.15, -0.1) is 0 Å². The molecule has 0 fully saturated rings. The van der Waals surface area contributed by atoms with Gasteiger partial charge in [-0.2, -0.15) is 0 Å². The third-order valence-corrected chi connectivity index (χ3v) is 4.52. The van der Waals surface area contributed by atoms with E-state index in [-0.39, 0.29) is 18.4 Å². The van der Waals surface area contributed by atoms with Gasteiger partial charge < -0.3 is 15.0 Å². The van der Waals surface area contributed by atoms with Crippen molar-refractivity contribution >= 4 is 11.8 Å². The second-order valence-corrected chi connectivity index (χ2v) is 6.68. The molecule has 2 rings (SSSR count). The molecule has 2 aromatic carbocycles. The van der Waals surface area contributed by atoms with Gasteiger partial charge in [-0.05, 0) is 30.5 Å². The van der Waals surface area contributed by atoms with Gasteiger partial charge in [-0.1, -0.05) is 68.8 Å². The predicted molar refractivity (Wildman–Crippen MR) is 111 cm³/mol. The number of para-hydroxylation sites is 1. The number of amides is 2. The lowest BCUT2D eigenvalue weighted by molar-refractivity contribution is -0.143. The number of rotatable bonds is 11. The first-order chi connectivity index (χ1) is 13.7. The van der Waals surface area contributed by atoms with E-state index in [1.54, 1.807) is 4.90 Å². The summed E-state index contributed by atoms with van der Waals surface area (Å²) in [6.45, 7) is 4.90. The number of ether oxygens (including phenoxy) is 1. The maximum absolute atomic E-state index is 13.0. The van der Waals surface area contributed by atoms with E-state index >= 15 is 0 Å². The summed E-state index contributed by atoms with van der Waals surface area (Å²) in [5, 5.41) is 2.96. The number of carbonyl (C=O) groups excluding carboxylic acids is 2. The summed E-state index contributed by atoms with van der Waals surface area (Å²) >= 11 is 0. The summed E-state index contributed by atoms with van der Waals surface area (Å²) in [7, 11) is 0. The Balaban J connectivity index is 2.12. The predicted octanol–water partition coefficient (Wildman–Crippen LogP) is 3.79. The molecule has 2 aromatic rings. The lowest BCUT2D eigenvalue weighted by Crippen LogP contribution is -2.50. The lowest BCUT2D eigenvalue weighted by Gasteiger charge is -2.30. The summed E-state index contributed by atoms with van der Waals surface area (Å²) in [5.74, 6) is 0.320. The minimum atomic E-state index is -0.524. The highest BCUT2D eigenvalue weighted by Crippen LogP contribution is 2.14. The molecule has 5 heteroatoms. The van der Waals surface area contributed by atoms with Crippen LogP contribution >= 0.6 is 0 Å². The lowest BCUT2D eigenvalue weighted by atomic mass is 10.1. The molecule has 0 aliphatic heterocycles. The Morgan fingerprint density at radius 3 is 2.25 bits per heavy atom. The van der Waals surface area contributed by atoms with Gasteiger partial charge in [0.15, 0.2) is 6.61 Å². The molecule has 1 atom stereocenters. The van der Waals surface area contributed by atoms with Crippen LogP contribution in [0.4, 0.5) is 0 Å². The summed E-state index contributed by atoms with van der Waals surface area (Å²) < 4.78 is 5.64. The van der Waals surface area contributed by atoms with Gasteiger partial charge in [-0.3, -0.25) is 9.59 Å². The molecule has 150 valence electrons. The van der Waals surface area contributed by atoms with Crippen LogP contribution in [0.2, 0.25) is 0 Å². The minimum absolute atomic E-state index is 0.102. The van der Waals surface area contributed by atoms with Crippen LogP contribution in [0.3, 0.4) is 0 Å². The molecule has 5 nitrogen and oxygen atoms in total. The fraction of sp³-hybridized carbons (Fsp3) is 0.391. The Morgan fingerprint density at radius 1 is 1.00 bits per heavy atom. The maximum atomic E-state index is 13.0. The minimum Gasteiger partial charge on any atom is -0.484 e. The van der Waals surface area contributed by atoms with E-state index in [0.29, 0.717) is 25.3 Å². The van der Waals surface area contributed by atoms with Crippen molar-refractivity contribution in [3.05, 3.63) is 66.2 Å². The van der Waals surface area contributed by atoms with E-state index in [0.717, 1.165) is 18.4 Å². The molecular formula is C23H30N2O3. The summed E-state index contributed by atoms with van der Waals surface area (Å²) in [6, 6.07) is 18.4. The van der Waals surface area contributed by atoms with Crippen LogP contribution in [0.25, 0.3) is 0 Å². The highest BCUT2D eigenvalue weighted by atomic mass is 16.5. The van der Waals surface area contributed by atoms with E-state index in [1.165, 1.54) is 0 Å². The first-order valence-corrected chi connectivity index (χ1v) is 9.94. The maximum Gasteiger partial charge on any atom is 0.261 e. The monoisotopic (exact) mass is 382 g/mol. The van der Waals surface area contributed by atoms with Crippen molar-refractivity contribution < 1.29 is 14.3 Å². The van der Waals surface area contributed by atoms with E-state index < -0.39 is 6.04 Å². The standard InChI is InChI=1S/C23H30N2O3/c1-3-5-16-24-23(27)21(4-2)25(17-19-12-8-6-9-13-19)22(26)18-28-20-14-10-7-11-15-20/h6-15,21H,3-5,16-18H2,1-2H3,(H,24,27). The average molecular weight is 383 g/mol. The number of nitrogens with zero attached hydrogens (tertiary/aromatic N) is 1. The Kier molecular flexibility index (Phi) is 9.05. The van der Waals surface area contributed by atoms with Gasteiger partial charge in [0.05, 0.1) is 0 Å².